The second-order valence-corrected chi connectivity index (χ2v) is 11.4. The molecule has 2 saturated carbocycles. The van der Waals surface area contributed by atoms with Gasteiger partial charge in [-0.15, -0.1) is 0 Å². The topological polar surface area (TPSA) is 173 Å². The third kappa shape index (κ3) is 4.02. The van der Waals surface area contributed by atoms with Gasteiger partial charge in [-0.1, -0.05) is 6.07 Å². The summed E-state index contributed by atoms with van der Waals surface area (Å²) in [5.74, 6) is -3.73. The van der Waals surface area contributed by atoms with Crippen molar-refractivity contribution in [2.75, 3.05) is 7.11 Å². The normalized spacial score (nSPS) is 29.4. The van der Waals surface area contributed by atoms with Crippen LogP contribution in [0, 0.1) is 28.1 Å². The molecule has 196 valence electrons. The summed E-state index contributed by atoms with van der Waals surface area (Å²) in [4.78, 5) is 23.5. The van der Waals surface area contributed by atoms with Crippen LogP contribution in [0.3, 0.4) is 0 Å². The zero-order chi connectivity index (χ0) is 27.4. The van der Waals surface area contributed by atoms with Gasteiger partial charge in [0.25, 0.3) is 0 Å². The fourth-order valence-corrected chi connectivity index (χ4v) is 7.50. The standard InChI is InChI=1S/C23H21F3N4O6S/c1-36-18-7-14(8-22(18,20(32)33)17-9-21(17,11-27)19(28)31)37(34,35)16-3-2-12(6-15(16)23(24,25)26)13-4-5-29-30-10-13/h2-6,10,14,17-18H,7-9H2,1H3,(H2,28,31)(H,32,33)/t14-,17?,18+,21?,22+/m1/s1. The zero-order valence-electron chi connectivity index (χ0n) is 19.3. The number of amides is 1. The Morgan fingerprint density at radius 2 is 1.92 bits per heavy atom. The molecule has 2 unspecified atom stereocenters. The number of nitrogens with zero attached hydrogens (tertiary/aromatic N) is 3. The van der Waals surface area contributed by atoms with Crippen molar-refractivity contribution in [3.63, 3.8) is 0 Å². The van der Waals surface area contributed by atoms with Crippen LogP contribution in [0.2, 0.25) is 0 Å². The molecule has 0 aliphatic heterocycles. The molecule has 4 rings (SSSR count). The molecule has 0 radical (unpaired) electrons. The quantitative estimate of drug-likeness (QED) is 0.536. The summed E-state index contributed by atoms with van der Waals surface area (Å²) in [7, 11) is -3.62. The summed E-state index contributed by atoms with van der Waals surface area (Å²) < 4.78 is 74.7. The third-order valence-corrected chi connectivity index (χ3v) is 9.68. The Morgan fingerprint density at radius 3 is 2.41 bits per heavy atom. The molecule has 1 aromatic heterocycles. The van der Waals surface area contributed by atoms with Gasteiger partial charge in [-0.2, -0.15) is 28.6 Å². The lowest BCUT2D eigenvalue weighted by atomic mass is 9.75. The number of aliphatic carboxylic acids is 1. The summed E-state index contributed by atoms with van der Waals surface area (Å²) in [6.07, 6.45) is -5.18. The second kappa shape index (κ2) is 8.77. The second-order valence-electron chi connectivity index (χ2n) is 9.22. The Bertz CT molecular complexity index is 1410. The fraction of sp³-hybridized carbons (Fsp3) is 0.435. The number of rotatable bonds is 7. The van der Waals surface area contributed by atoms with E-state index >= 15 is 0 Å². The molecule has 37 heavy (non-hydrogen) atoms. The number of benzene rings is 1. The van der Waals surface area contributed by atoms with E-state index in [1.807, 2.05) is 0 Å². The van der Waals surface area contributed by atoms with E-state index in [1.165, 1.54) is 24.5 Å². The van der Waals surface area contributed by atoms with Crippen LogP contribution in [0.5, 0.6) is 0 Å². The van der Waals surface area contributed by atoms with Gasteiger partial charge in [-0.3, -0.25) is 9.59 Å². The molecule has 1 heterocycles. The molecule has 2 aliphatic rings. The van der Waals surface area contributed by atoms with Crippen molar-refractivity contribution in [2.24, 2.45) is 22.5 Å². The van der Waals surface area contributed by atoms with Crippen LogP contribution >= 0.6 is 0 Å². The Labute approximate surface area is 209 Å². The van der Waals surface area contributed by atoms with Crippen LogP contribution in [0.1, 0.15) is 24.8 Å². The summed E-state index contributed by atoms with van der Waals surface area (Å²) >= 11 is 0. The number of carboxylic acid groups (broad SMARTS) is 1. The molecule has 2 aromatic rings. The van der Waals surface area contributed by atoms with Crippen molar-refractivity contribution in [3.05, 3.63) is 42.2 Å². The predicted octanol–water partition coefficient (Wildman–Crippen LogP) is 2.20. The van der Waals surface area contributed by atoms with Gasteiger partial charge in [0.2, 0.25) is 5.91 Å². The van der Waals surface area contributed by atoms with Gasteiger partial charge in [0.15, 0.2) is 9.84 Å². The number of sulfone groups is 1. The van der Waals surface area contributed by atoms with Crippen molar-refractivity contribution in [1.82, 2.24) is 10.2 Å². The number of aromatic nitrogens is 2. The highest BCUT2D eigenvalue weighted by molar-refractivity contribution is 7.92. The van der Waals surface area contributed by atoms with Gasteiger partial charge >= 0.3 is 12.1 Å². The molecule has 14 heteroatoms. The molecule has 5 atom stereocenters. The SMILES string of the molecule is CO[C@H]1C[C@@H](S(=O)(=O)c2ccc(-c3ccnnc3)cc2C(F)(F)F)C[C@]1(C(=O)O)C1CC1(C#N)C(N)=O. The molecule has 0 saturated heterocycles. The molecular weight excluding hydrogens is 517 g/mol. The van der Waals surface area contributed by atoms with Crippen molar-refractivity contribution >= 4 is 21.7 Å². The number of carboxylic acids is 1. The number of primary amides is 1. The highest BCUT2D eigenvalue weighted by atomic mass is 32.2. The average molecular weight is 539 g/mol. The average Bonchev–Trinajstić information content (AvgIpc) is 3.48. The lowest BCUT2D eigenvalue weighted by molar-refractivity contribution is -0.159. The smallest absolute Gasteiger partial charge is 0.417 e. The number of alkyl halides is 3. The Balaban J connectivity index is 1.80. The number of hydrogen-bond donors (Lipinski definition) is 2. The summed E-state index contributed by atoms with van der Waals surface area (Å²) in [6.45, 7) is 0. The van der Waals surface area contributed by atoms with Crippen LogP contribution in [-0.2, 0) is 30.3 Å². The first-order chi connectivity index (χ1) is 17.3. The first kappa shape index (κ1) is 26.5. The number of nitriles is 1. The van der Waals surface area contributed by atoms with E-state index in [0.29, 0.717) is 6.07 Å². The zero-order valence-corrected chi connectivity index (χ0v) is 20.1. The molecule has 2 aliphatic carbocycles. The van der Waals surface area contributed by atoms with Gasteiger partial charge in [0.1, 0.15) is 10.8 Å². The minimum absolute atomic E-state index is 0.0560. The highest BCUT2D eigenvalue weighted by Crippen LogP contribution is 2.66. The Kier molecular flexibility index (Phi) is 6.28. The van der Waals surface area contributed by atoms with E-state index in [0.717, 1.165) is 13.2 Å². The summed E-state index contributed by atoms with van der Waals surface area (Å²) in [6, 6.07) is 5.86. The van der Waals surface area contributed by atoms with Gasteiger partial charge in [-0.05, 0) is 43.0 Å². The predicted molar refractivity (Wildman–Crippen MR) is 119 cm³/mol. The van der Waals surface area contributed by atoms with E-state index in [-0.39, 0.29) is 17.5 Å². The number of methoxy groups -OCH3 is 1. The summed E-state index contributed by atoms with van der Waals surface area (Å²) in [5, 5.41) is 25.3. The van der Waals surface area contributed by atoms with Gasteiger partial charge < -0.3 is 15.6 Å². The molecule has 10 nitrogen and oxygen atoms in total. The molecule has 0 spiro atoms. The fourth-order valence-electron chi connectivity index (χ4n) is 5.48. The Morgan fingerprint density at radius 1 is 1.22 bits per heavy atom. The van der Waals surface area contributed by atoms with Crippen molar-refractivity contribution in [3.8, 4) is 17.2 Å². The monoisotopic (exact) mass is 538 g/mol. The minimum Gasteiger partial charge on any atom is -0.481 e. The van der Waals surface area contributed by atoms with Crippen LogP contribution in [0.4, 0.5) is 13.2 Å². The summed E-state index contributed by atoms with van der Waals surface area (Å²) in [5.41, 5.74) is 0.416. The van der Waals surface area contributed by atoms with Gasteiger partial charge in [0.05, 0.1) is 40.3 Å². The van der Waals surface area contributed by atoms with Crippen LogP contribution < -0.4 is 5.73 Å². The maximum Gasteiger partial charge on any atom is 0.417 e. The molecule has 3 N–H and O–H groups in total. The van der Waals surface area contributed by atoms with E-state index in [9.17, 15) is 41.5 Å². The van der Waals surface area contributed by atoms with Crippen LogP contribution in [0.15, 0.2) is 41.6 Å². The molecule has 2 fully saturated rings. The van der Waals surface area contributed by atoms with E-state index in [2.05, 4.69) is 10.2 Å². The lowest BCUT2D eigenvalue weighted by Gasteiger charge is -2.31. The highest BCUT2D eigenvalue weighted by Gasteiger charge is 2.75. The van der Waals surface area contributed by atoms with E-state index in [4.69, 9.17) is 10.5 Å². The number of nitrogens with two attached hydrogens (primary N) is 1. The largest absolute Gasteiger partial charge is 0.481 e. The maximum atomic E-state index is 14.1. The first-order valence-electron chi connectivity index (χ1n) is 10.9. The number of halogens is 3. The molecular formula is C23H21F3N4O6S. The van der Waals surface area contributed by atoms with Crippen molar-refractivity contribution in [2.45, 2.75) is 41.7 Å². The first-order valence-corrected chi connectivity index (χ1v) is 12.5. The maximum absolute atomic E-state index is 14.1. The Hall–Kier alpha value is -3.57. The minimum atomic E-state index is -5.06. The van der Waals surface area contributed by atoms with E-state index in [1.54, 1.807) is 6.07 Å². The van der Waals surface area contributed by atoms with Crippen LogP contribution in [-0.4, -0.2) is 54.1 Å². The molecule has 1 amide bonds. The van der Waals surface area contributed by atoms with Crippen molar-refractivity contribution < 1.29 is 41.0 Å². The van der Waals surface area contributed by atoms with E-state index < -0.39 is 79.3 Å². The van der Waals surface area contributed by atoms with Gasteiger partial charge in [-0.25, -0.2) is 8.42 Å². The molecule has 0 bridgehead atoms. The van der Waals surface area contributed by atoms with Crippen molar-refractivity contribution in [1.29, 1.82) is 5.26 Å². The number of carbonyl (C=O) groups excluding carboxylic acids is 1. The number of hydrogen-bond acceptors (Lipinski definition) is 8. The third-order valence-electron chi connectivity index (χ3n) is 7.47. The lowest BCUT2D eigenvalue weighted by Crippen LogP contribution is -2.44. The molecule has 1 aromatic carbocycles. The van der Waals surface area contributed by atoms with Gasteiger partial charge in [0, 0.05) is 18.6 Å². The van der Waals surface area contributed by atoms with Crippen LogP contribution in [0.25, 0.3) is 11.1 Å². The number of ether oxygens (including phenoxy) is 1. The number of carbonyl (C=O) groups is 2.